The Morgan fingerprint density at radius 1 is 1.29 bits per heavy atom. The van der Waals surface area contributed by atoms with E-state index in [4.69, 9.17) is 0 Å². The Hall–Kier alpha value is -2.12. The minimum atomic E-state index is -0.0507. The molecule has 0 aliphatic rings. The first-order valence-electron chi connectivity index (χ1n) is 7.48. The van der Waals surface area contributed by atoms with E-state index >= 15 is 0 Å². The summed E-state index contributed by atoms with van der Waals surface area (Å²) in [5.41, 5.74) is 2.95. The van der Waals surface area contributed by atoms with Crippen LogP contribution < -0.4 is 5.32 Å². The molecule has 1 amide bonds. The van der Waals surface area contributed by atoms with Gasteiger partial charge in [0.05, 0.1) is 5.75 Å². The summed E-state index contributed by atoms with van der Waals surface area (Å²) in [4.78, 5) is 13.4. The number of nitrogens with one attached hydrogen (secondary N) is 1. The van der Waals surface area contributed by atoms with Gasteiger partial charge in [-0.1, -0.05) is 30.0 Å². The van der Waals surface area contributed by atoms with E-state index in [9.17, 15) is 4.79 Å². The van der Waals surface area contributed by atoms with Gasteiger partial charge in [0, 0.05) is 28.6 Å². The van der Waals surface area contributed by atoms with Gasteiger partial charge in [-0.25, -0.2) is 0 Å². The third-order valence-corrected chi connectivity index (χ3v) is 5.46. The second kappa shape index (κ2) is 7.19. The average Bonchev–Trinajstić information content (AvgIpc) is 3.13. The van der Waals surface area contributed by atoms with Crippen LogP contribution in [0.3, 0.4) is 0 Å². The quantitative estimate of drug-likeness (QED) is 0.703. The molecule has 7 heteroatoms. The van der Waals surface area contributed by atoms with Gasteiger partial charge in [-0.05, 0) is 31.5 Å². The van der Waals surface area contributed by atoms with E-state index in [1.54, 1.807) is 11.3 Å². The van der Waals surface area contributed by atoms with Crippen molar-refractivity contribution in [2.24, 2.45) is 7.05 Å². The second-order valence-electron chi connectivity index (χ2n) is 5.46. The number of nitrogens with zero attached hydrogens (tertiary/aromatic N) is 3. The summed E-state index contributed by atoms with van der Waals surface area (Å²) < 4.78 is 1.92. The maximum Gasteiger partial charge on any atom is 0.234 e. The van der Waals surface area contributed by atoms with E-state index in [1.165, 1.54) is 16.6 Å². The number of aryl methyl sites for hydroxylation is 2. The van der Waals surface area contributed by atoms with Crippen LogP contribution in [-0.2, 0) is 11.8 Å². The molecule has 124 valence electrons. The van der Waals surface area contributed by atoms with Gasteiger partial charge in [-0.3, -0.25) is 4.79 Å². The van der Waals surface area contributed by atoms with Crippen molar-refractivity contribution < 1.29 is 4.79 Å². The van der Waals surface area contributed by atoms with Crippen LogP contribution in [-0.4, -0.2) is 26.4 Å². The van der Waals surface area contributed by atoms with Gasteiger partial charge in [0.25, 0.3) is 0 Å². The minimum Gasteiger partial charge on any atom is -0.325 e. The summed E-state index contributed by atoms with van der Waals surface area (Å²) in [6.45, 7) is 4.04. The van der Waals surface area contributed by atoms with Gasteiger partial charge in [0.15, 0.2) is 11.0 Å². The summed E-state index contributed by atoms with van der Waals surface area (Å²) in [5, 5.41) is 14.2. The van der Waals surface area contributed by atoms with E-state index in [0.29, 0.717) is 5.75 Å². The SMILES string of the molecule is Cc1cc(-c2nnc(SCC(=O)Nc3ccccc3C)n2C)cs1. The van der Waals surface area contributed by atoms with Crippen LogP contribution >= 0.6 is 23.1 Å². The van der Waals surface area contributed by atoms with Crippen molar-refractivity contribution in [3.8, 4) is 11.4 Å². The van der Waals surface area contributed by atoms with Crippen molar-refractivity contribution in [2.45, 2.75) is 19.0 Å². The van der Waals surface area contributed by atoms with Gasteiger partial charge >= 0.3 is 0 Å². The molecule has 0 spiro atoms. The van der Waals surface area contributed by atoms with Gasteiger partial charge in [0.2, 0.25) is 5.91 Å². The average molecular weight is 358 g/mol. The fourth-order valence-electron chi connectivity index (χ4n) is 2.28. The van der Waals surface area contributed by atoms with Crippen LogP contribution in [0.2, 0.25) is 0 Å². The number of carbonyl (C=O) groups excluding carboxylic acids is 1. The van der Waals surface area contributed by atoms with E-state index < -0.39 is 0 Å². The van der Waals surface area contributed by atoms with Crippen molar-refractivity contribution in [3.05, 3.63) is 46.2 Å². The molecule has 0 fully saturated rings. The number of hydrogen-bond donors (Lipinski definition) is 1. The summed E-state index contributed by atoms with van der Waals surface area (Å²) in [7, 11) is 1.92. The maximum atomic E-state index is 12.1. The van der Waals surface area contributed by atoms with Gasteiger partial charge in [-0.15, -0.1) is 21.5 Å². The Morgan fingerprint density at radius 2 is 2.08 bits per heavy atom. The molecule has 1 aromatic carbocycles. The molecule has 0 saturated carbocycles. The van der Waals surface area contributed by atoms with E-state index in [1.807, 2.05) is 42.8 Å². The largest absolute Gasteiger partial charge is 0.325 e. The van der Waals surface area contributed by atoms with Crippen LogP contribution in [0, 0.1) is 13.8 Å². The molecule has 5 nitrogen and oxygen atoms in total. The highest BCUT2D eigenvalue weighted by molar-refractivity contribution is 7.99. The predicted octanol–water partition coefficient (Wildman–Crippen LogP) is 3.89. The number of thiophene rings is 1. The number of amides is 1. The van der Waals surface area contributed by atoms with Crippen LogP contribution in [0.1, 0.15) is 10.4 Å². The zero-order valence-corrected chi connectivity index (χ0v) is 15.4. The van der Waals surface area contributed by atoms with Crippen molar-refractivity contribution in [3.63, 3.8) is 0 Å². The topological polar surface area (TPSA) is 59.8 Å². The Morgan fingerprint density at radius 3 is 2.79 bits per heavy atom. The fourth-order valence-corrected chi connectivity index (χ4v) is 3.67. The third kappa shape index (κ3) is 3.68. The summed E-state index contributed by atoms with van der Waals surface area (Å²) in [5.74, 6) is 1.06. The highest BCUT2D eigenvalue weighted by atomic mass is 32.2. The Kier molecular flexibility index (Phi) is 5.01. The molecule has 0 aliphatic carbocycles. The van der Waals surface area contributed by atoms with Crippen LogP contribution in [0.5, 0.6) is 0 Å². The molecule has 2 heterocycles. The lowest BCUT2D eigenvalue weighted by Gasteiger charge is -2.07. The molecule has 0 radical (unpaired) electrons. The van der Waals surface area contributed by atoms with Crippen molar-refractivity contribution in [1.29, 1.82) is 0 Å². The lowest BCUT2D eigenvalue weighted by atomic mass is 10.2. The molecule has 0 atom stereocenters. The first-order chi connectivity index (χ1) is 11.5. The number of hydrogen-bond acceptors (Lipinski definition) is 5. The molecule has 0 aliphatic heterocycles. The maximum absolute atomic E-state index is 12.1. The van der Waals surface area contributed by atoms with Crippen molar-refractivity contribution in [1.82, 2.24) is 14.8 Å². The molecule has 1 N–H and O–H groups in total. The fraction of sp³-hybridized carbons (Fsp3) is 0.235. The molecule has 0 saturated heterocycles. The number of benzene rings is 1. The summed E-state index contributed by atoms with van der Waals surface area (Å²) in [6, 6.07) is 9.83. The van der Waals surface area contributed by atoms with Crippen molar-refractivity contribution in [2.75, 3.05) is 11.1 Å². The number of para-hydroxylation sites is 1. The first-order valence-corrected chi connectivity index (χ1v) is 9.34. The van der Waals surface area contributed by atoms with Crippen LogP contribution in [0.25, 0.3) is 11.4 Å². The smallest absolute Gasteiger partial charge is 0.234 e. The Labute approximate surface area is 149 Å². The van der Waals surface area contributed by atoms with E-state index in [2.05, 4.69) is 33.9 Å². The second-order valence-corrected chi connectivity index (χ2v) is 7.52. The Balaban J connectivity index is 1.64. The Bertz CT molecular complexity index is 869. The van der Waals surface area contributed by atoms with Gasteiger partial charge in [0.1, 0.15) is 0 Å². The van der Waals surface area contributed by atoms with E-state index in [0.717, 1.165) is 27.8 Å². The summed E-state index contributed by atoms with van der Waals surface area (Å²) in [6.07, 6.45) is 0. The molecule has 0 unspecified atom stereocenters. The zero-order valence-electron chi connectivity index (χ0n) is 13.7. The van der Waals surface area contributed by atoms with Crippen LogP contribution in [0.15, 0.2) is 40.9 Å². The molecule has 2 aromatic heterocycles. The lowest BCUT2D eigenvalue weighted by Crippen LogP contribution is -2.15. The van der Waals surface area contributed by atoms with Gasteiger partial charge in [-0.2, -0.15) is 0 Å². The lowest BCUT2D eigenvalue weighted by molar-refractivity contribution is -0.113. The molecule has 3 rings (SSSR count). The predicted molar refractivity (Wildman–Crippen MR) is 99.6 cm³/mol. The summed E-state index contributed by atoms with van der Waals surface area (Å²) >= 11 is 3.07. The number of thioether (sulfide) groups is 1. The van der Waals surface area contributed by atoms with Crippen LogP contribution in [0.4, 0.5) is 5.69 Å². The molecular formula is C17H18N4OS2. The van der Waals surface area contributed by atoms with Gasteiger partial charge < -0.3 is 9.88 Å². The zero-order chi connectivity index (χ0) is 17.1. The third-order valence-electron chi connectivity index (χ3n) is 3.58. The van der Waals surface area contributed by atoms with Crippen molar-refractivity contribution >= 4 is 34.7 Å². The minimum absolute atomic E-state index is 0.0507. The highest BCUT2D eigenvalue weighted by Gasteiger charge is 2.14. The normalized spacial score (nSPS) is 10.8. The number of rotatable bonds is 5. The monoisotopic (exact) mass is 358 g/mol. The number of carbonyl (C=O) groups is 1. The molecule has 0 bridgehead atoms. The van der Waals surface area contributed by atoms with E-state index in [-0.39, 0.29) is 5.91 Å². The number of aromatic nitrogens is 3. The highest BCUT2D eigenvalue weighted by Crippen LogP contribution is 2.26. The molecule has 3 aromatic rings. The molecule has 24 heavy (non-hydrogen) atoms. The molecular weight excluding hydrogens is 340 g/mol. The first kappa shape index (κ1) is 16.7. The number of anilines is 1. The standard InChI is InChI=1S/C17H18N4OS2/c1-11-6-4-5-7-14(11)18-15(22)10-24-17-20-19-16(21(17)3)13-8-12(2)23-9-13/h4-9H,10H2,1-3H3,(H,18,22).